The Labute approximate surface area is 62.6 Å². The summed E-state index contributed by atoms with van der Waals surface area (Å²) >= 11 is 1.48. The largest absolute Gasteiger partial charge is 0.480 e. The fourth-order valence-corrected chi connectivity index (χ4v) is 2.14. The van der Waals surface area contributed by atoms with Crippen molar-refractivity contribution >= 4 is 17.7 Å². The normalized spacial score (nSPS) is 41.0. The van der Waals surface area contributed by atoms with E-state index >= 15 is 0 Å². The van der Waals surface area contributed by atoms with Crippen molar-refractivity contribution in [1.82, 2.24) is 0 Å². The molecule has 1 fully saturated rings. The first-order valence-electron chi connectivity index (χ1n) is 3.03. The van der Waals surface area contributed by atoms with Crippen molar-refractivity contribution in [3.63, 3.8) is 0 Å². The van der Waals surface area contributed by atoms with Gasteiger partial charge in [0.05, 0.1) is 5.25 Å². The van der Waals surface area contributed by atoms with Crippen LogP contribution in [0.4, 0.5) is 0 Å². The van der Waals surface area contributed by atoms with Gasteiger partial charge in [-0.05, 0) is 0 Å². The number of carbonyl (C=O) groups is 1. The maximum Gasteiger partial charge on any atom is 0.325 e. The van der Waals surface area contributed by atoms with Gasteiger partial charge in [0.15, 0.2) is 0 Å². The number of hydrogen-bond acceptors (Lipinski definition) is 2. The zero-order valence-electron chi connectivity index (χ0n) is 5.15. The molecule has 2 aliphatic rings. The first kappa shape index (κ1) is 6.04. The number of fused-ring (bicyclic) bond motifs is 1. The lowest BCUT2D eigenvalue weighted by Gasteiger charge is -2.02. The minimum Gasteiger partial charge on any atom is -0.480 e. The first-order valence-corrected chi connectivity index (χ1v) is 3.91. The first-order chi connectivity index (χ1) is 4.76. The molecule has 10 heavy (non-hydrogen) atoms. The Morgan fingerprint density at radius 3 is 2.90 bits per heavy atom. The maximum atomic E-state index is 10.6. The third-order valence-corrected chi connectivity index (χ3v) is 3.25. The minimum atomic E-state index is -0.719. The van der Waals surface area contributed by atoms with E-state index in [0.717, 1.165) is 0 Å². The van der Waals surface area contributed by atoms with Crippen LogP contribution in [0.25, 0.3) is 0 Å². The van der Waals surface area contributed by atoms with E-state index in [0.29, 0.717) is 0 Å². The van der Waals surface area contributed by atoms with Crippen LogP contribution in [0.5, 0.6) is 0 Å². The van der Waals surface area contributed by atoms with Crippen molar-refractivity contribution in [2.75, 3.05) is 0 Å². The second kappa shape index (κ2) is 1.66. The van der Waals surface area contributed by atoms with Gasteiger partial charge in [-0.3, -0.25) is 4.79 Å². The molecule has 2 atom stereocenters. The summed E-state index contributed by atoms with van der Waals surface area (Å²) < 4.78 is -0.589. The van der Waals surface area contributed by atoms with Gasteiger partial charge in [0.25, 0.3) is 0 Å². The molecular formula is C7H6O2S. The zero-order chi connectivity index (χ0) is 7.19. The SMILES string of the molecule is O=C(O)C12C=CC=CC1S2. The number of rotatable bonds is 1. The average molecular weight is 154 g/mol. The van der Waals surface area contributed by atoms with Gasteiger partial charge in [-0.1, -0.05) is 24.3 Å². The molecule has 0 saturated carbocycles. The highest BCUT2D eigenvalue weighted by atomic mass is 32.2. The predicted octanol–water partition coefficient (Wildman–Crippen LogP) is 1.05. The molecule has 0 aromatic carbocycles. The van der Waals surface area contributed by atoms with Crippen molar-refractivity contribution in [1.29, 1.82) is 0 Å². The van der Waals surface area contributed by atoms with Gasteiger partial charge in [0.1, 0.15) is 4.75 Å². The highest BCUT2D eigenvalue weighted by Crippen LogP contribution is 2.56. The lowest BCUT2D eigenvalue weighted by atomic mass is 10.0. The summed E-state index contributed by atoms with van der Waals surface area (Å²) in [5.41, 5.74) is 0. The lowest BCUT2D eigenvalue weighted by molar-refractivity contribution is -0.137. The van der Waals surface area contributed by atoms with E-state index < -0.39 is 10.7 Å². The molecule has 3 heteroatoms. The summed E-state index contributed by atoms with van der Waals surface area (Å²) in [5.74, 6) is -0.719. The maximum absolute atomic E-state index is 10.6. The molecule has 2 rings (SSSR count). The van der Waals surface area contributed by atoms with Crippen molar-refractivity contribution in [2.24, 2.45) is 0 Å². The fourth-order valence-electron chi connectivity index (χ4n) is 1.10. The van der Waals surface area contributed by atoms with Crippen molar-refractivity contribution in [2.45, 2.75) is 10.00 Å². The molecule has 1 heterocycles. The van der Waals surface area contributed by atoms with Gasteiger partial charge in [-0.25, -0.2) is 0 Å². The molecule has 2 unspecified atom stereocenters. The van der Waals surface area contributed by atoms with E-state index in [-0.39, 0.29) is 5.25 Å². The van der Waals surface area contributed by atoms with Crippen LogP contribution in [0.2, 0.25) is 0 Å². The van der Waals surface area contributed by atoms with Crippen LogP contribution in [-0.2, 0) is 4.79 Å². The van der Waals surface area contributed by atoms with E-state index in [1.54, 1.807) is 12.2 Å². The molecule has 1 saturated heterocycles. The van der Waals surface area contributed by atoms with Crippen molar-refractivity contribution in [3.05, 3.63) is 24.3 Å². The average Bonchev–Trinajstić information content (AvgIpc) is 2.61. The second-order valence-electron chi connectivity index (χ2n) is 2.38. The van der Waals surface area contributed by atoms with Gasteiger partial charge in [-0.2, -0.15) is 0 Å². The smallest absolute Gasteiger partial charge is 0.325 e. The molecule has 0 aromatic heterocycles. The quantitative estimate of drug-likeness (QED) is 0.573. The minimum absolute atomic E-state index is 0.190. The lowest BCUT2D eigenvalue weighted by Crippen LogP contribution is -2.23. The number of carboxylic acids is 1. The van der Waals surface area contributed by atoms with E-state index in [1.807, 2.05) is 12.2 Å². The van der Waals surface area contributed by atoms with Crippen LogP contribution in [0.15, 0.2) is 24.3 Å². The Morgan fingerprint density at radius 2 is 2.40 bits per heavy atom. The topological polar surface area (TPSA) is 37.3 Å². The molecular weight excluding hydrogens is 148 g/mol. The number of hydrogen-bond donors (Lipinski definition) is 1. The summed E-state index contributed by atoms with van der Waals surface area (Å²) in [6.07, 6.45) is 7.37. The Balaban J connectivity index is 2.31. The highest BCUT2D eigenvalue weighted by molar-refractivity contribution is 8.10. The van der Waals surface area contributed by atoms with E-state index in [1.165, 1.54) is 11.8 Å². The van der Waals surface area contributed by atoms with Crippen LogP contribution < -0.4 is 0 Å². The summed E-state index contributed by atoms with van der Waals surface area (Å²) in [4.78, 5) is 10.6. The van der Waals surface area contributed by atoms with Crippen LogP contribution in [0, 0.1) is 0 Å². The van der Waals surface area contributed by atoms with Crippen LogP contribution in [0.1, 0.15) is 0 Å². The number of thioether (sulfide) groups is 1. The molecule has 0 amide bonds. The van der Waals surface area contributed by atoms with Gasteiger partial charge in [0, 0.05) is 0 Å². The molecule has 0 radical (unpaired) electrons. The van der Waals surface area contributed by atoms with E-state index in [4.69, 9.17) is 5.11 Å². The third kappa shape index (κ3) is 0.583. The van der Waals surface area contributed by atoms with Crippen LogP contribution in [-0.4, -0.2) is 21.1 Å². The van der Waals surface area contributed by atoms with Crippen molar-refractivity contribution in [3.8, 4) is 0 Å². The zero-order valence-corrected chi connectivity index (χ0v) is 5.97. The van der Waals surface area contributed by atoms with Gasteiger partial charge in [0.2, 0.25) is 0 Å². The summed E-state index contributed by atoms with van der Waals surface area (Å²) in [5, 5.41) is 8.92. The molecule has 52 valence electrons. The summed E-state index contributed by atoms with van der Waals surface area (Å²) in [6, 6.07) is 0. The Hall–Kier alpha value is -0.700. The van der Waals surface area contributed by atoms with Crippen molar-refractivity contribution < 1.29 is 9.90 Å². The van der Waals surface area contributed by atoms with Gasteiger partial charge < -0.3 is 5.11 Å². The second-order valence-corrected chi connectivity index (χ2v) is 3.80. The monoisotopic (exact) mass is 154 g/mol. The molecule has 1 aliphatic carbocycles. The Kier molecular flexibility index (Phi) is 1.01. The number of allylic oxidation sites excluding steroid dienone is 2. The molecule has 0 spiro atoms. The predicted molar refractivity (Wildman–Crippen MR) is 40.0 cm³/mol. The fraction of sp³-hybridized carbons (Fsp3) is 0.286. The Morgan fingerprint density at radius 1 is 1.60 bits per heavy atom. The number of carboxylic acid groups (broad SMARTS) is 1. The van der Waals surface area contributed by atoms with Gasteiger partial charge in [-0.15, -0.1) is 11.8 Å². The van der Waals surface area contributed by atoms with E-state index in [9.17, 15) is 4.79 Å². The standard InChI is InChI=1S/C7H6O2S/c8-6(9)7-4-2-1-3-5(7)10-7/h1-5H,(H,8,9). The van der Waals surface area contributed by atoms with E-state index in [2.05, 4.69) is 0 Å². The van der Waals surface area contributed by atoms with Crippen LogP contribution in [0.3, 0.4) is 0 Å². The summed E-state index contributed by atoms with van der Waals surface area (Å²) in [7, 11) is 0. The summed E-state index contributed by atoms with van der Waals surface area (Å²) in [6.45, 7) is 0. The molecule has 0 bridgehead atoms. The molecule has 1 N–H and O–H groups in total. The highest BCUT2D eigenvalue weighted by Gasteiger charge is 2.59. The van der Waals surface area contributed by atoms with Crippen LogP contribution >= 0.6 is 11.8 Å². The molecule has 2 nitrogen and oxygen atoms in total. The third-order valence-electron chi connectivity index (χ3n) is 1.76. The Bertz CT molecular complexity index is 244. The molecule has 1 aliphatic heterocycles. The van der Waals surface area contributed by atoms with Gasteiger partial charge >= 0.3 is 5.97 Å². The number of aliphatic carboxylic acids is 1. The molecule has 0 aromatic rings.